The van der Waals surface area contributed by atoms with E-state index in [0.29, 0.717) is 6.61 Å². The van der Waals surface area contributed by atoms with E-state index in [1.54, 1.807) is 0 Å². The predicted octanol–water partition coefficient (Wildman–Crippen LogP) is 2.16. The fourth-order valence-electron chi connectivity index (χ4n) is 2.10. The van der Waals surface area contributed by atoms with Crippen molar-refractivity contribution in [2.24, 2.45) is 0 Å². The zero-order chi connectivity index (χ0) is 10.7. The lowest BCUT2D eigenvalue weighted by molar-refractivity contribution is -0.0327. The summed E-state index contributed by atoms with van der Waals surface area (Å²) in [7, 11) is 0. The van der Waals surface area contributed by atoms with Crippen molar-refractivity contribution in [2.45, 2.75) is 37.9 Å². The smallest absolute Gasteiger partial charge is 0.0930 e. The minimum absolute atomic E-state index is 0.0267. The number of benzene rings is 1. The van der Waals surface area contributed by atoms with Crippen molar-refractivity contribution in [1.29, 1.82) is 0 Å². The summed E-state index contributed by atoms with van der Waals surface area (Å²) in [4.78, 5) is 0. The quantitative estimate of drug-likeness (QED) is 0.821. The van der Waals surface area contributed by atoms with Crippen LogP contribution in [0.2, 0.25) is 0 Å². The summed E-state index contributed by atoms with van der Waals surface area (Å²) >= 11 is 0. The minimum atomic E-state index is -0.615. The van der Waals surface area contributed by atoms with Crippen molar-refractivity contribution < 1.29 is 9.84 Å². The maximum atomic E-state index is 10.3. The molecule has 1 saturated heterocycles. The first-order valence-corrected chi connectivity index (χ1v) is 5.59. The van der Waals surface area contributed by atoms with Crippen LogP contribution in [0.15, 0.2) is 30.3 Å². The van der Waals surface area contributed by atoms with Crippen LogP contribution >= 0.6 is 0 Å². The highest BCUT2D eigenvalue weighted by Crippen LogP contribution is 2.30. The van der Waals surface area contributed by atoms with Crippen molar-refractivity contribution in [2.75, 3.05) is 6.61 Å². The third kappa shape index (κ3) is 2.39. The van der Waals surface area contributed by atoms with Crippen LogP contribution in [-0.2, 0) is 11.2 Å². The first-order valence-electron chi connectivity index (χ1n) is 5.59. The second kappa shape index (κ2) is 4.33. The summed E-state index contributed by atoms with van der Waals surface area (Å²) in [5.74, 6) is 0. The van der Waals surface area contributed by atoms with E-state index < -0.39 is 5.60 Å². The van der Waals surface area contributed by atoms with E-state index >= 15 is 0 Å². The molecule has 0 spiro atoms. The monoisotopic (exact) mass is 206 g/mol. The van der Waals surface area contributed by atoms with Gasteiger partial charge in [-0.05, 0) is 25.3 Å². The summed E-state index contributed by atoms with van der Waals surface area (Å²) in [6, 6.07) is 10.3. The Labute approximate surface area is 90.9 Å². The fourth-order valence-corrected chi connectivity index (χ4v) is 2.10. The topological polar surface area (TPSA) is 29.5 Å². The summed E-state index contributed by atoms with van der Waals surface area (Å²) in [5, 5.41) is 10.3. The van der Waals surface area contributed by atoms with Crippen molar-refractivity contribution in [3.63, 3.8) is 0 Å². The molecule has 1 aliphatic heterocycles. The zero-order valence-corrected chi connectivity index (χ0v) is 9.15. The molecule has 0 amide bonds. The lowest BCUT2D eigenvalue weighted by Crippen LogP contribution is -2.36. The van der Waals surface area contributed by atoms with Gasteiger partial charge in [-0.1, -0.05) is 30.3 Å². The number of aryl methyl sites for hydroxylation is 1. The molecule has 15 heavy (non-hydrogen) atoms. The molecule has 2 heteroatoms. The highest BCUT2D eigenvalue weighted by molar-refractivity contribution is 5.15. The standard InChI is InChI=1S/C13H18O2/c1-11-13(14,9-10-15-11)8-7-12-5-3-2-4-6-12/h2-6,11,14H,7-10H2,1H3. The van der Waals surface area contributed by atoms with E-state index in [2.05, 4.69) is 12.1 Å². The molecular formula is C13H18O2. The molecular weight excluding hydrogens is 188 g/mol. The number of aliphatic hydroxyl groups is 1. The van der Waals surface area contributed by atoms with E-state index in [1.807, 2.05) is 25.1 Å². The average molecular weight is 206 g/mol. The molecule has 1 fully saturated rings. The molecule has 1 heterocycles. The third-order valence-electron chi connectivity index (χ3n) is 3.35. The first-order chi connectivity index (χ1) is 7.21. The van der Waals surface area contributed by atoms with Crippen LogP contribution in [0.5, 0.6) is 0 Å². The highest BCUT2D eigenvalue weighted by atomic mass is 16.5. The molecule has 2 unspecified atom stereocenters. The van der Waals surface area contributed by atoms with Crippen LogP contribution in [0.25, 0.3) is 0 Å². The number of ether oxygens (including phenoxy) is 1. The highest BCUT2D eigenvalue weighted by Gasteiger charge is 2.38. The van der Waals surface area contributed by atoms with Gasteiger partial charge in [0.15, 0.2) is 0 Å². The van der Waals surface area contributed by atoms with Crippen LogP contribution in [0.3, 0.4) is 0 Å². The van der Waals surface area contributed by atoms with Crippen molar-refractivity contribution in [1.82, 2.24) is 0 Å². The molecule has 0 radical (unpaired) electrons. The normalized spacial score (nSPS) is 30.7. The van der Waals surface area contributed by atoms with Crippen LogP contribution < -0.4 is 0 Å². The number of rotatable bonds is 3. The Balaban J connectivity index is 1.93. The van der Waals surface area contributed by atoms with Gasteiger partial charge in [0.1, 0.15) is 0 Å². The van der Waals surface area contributed by atoms with Gasteiger partial charge in [-0.15, -0.1) is 0 Å². The molecule has 2 atom stereocenters. The Morgan fingerprint density at radius 3 is 2.73 bits per heavy atom. The molecule has 1 aliphatic rings. The second-order valence-electron chi connectivity index (χ2n) is 4.35. The van der Waals surface area contributed by atoms with Gasteiger partial charge in [0.2, 0.25) is 0 Å². The largest absolute Gasteiger partial charge is 0.387 e. The first kappa shape index (κ1) is 10.7. The SMILES string of the molecule is CC1OCCC1(O)CCc1ccccc1. The number of hydrogen-bond donors (Lipinski definition) is 1. The van der Waals surface area contributed by atoms with Gasteiger partial charge in [0.25, 0.3) is 0 Å². The molecule has 1 aromatic rings. The molecule has 0 aliphatic carbocycles. The summed E-state index contributed by atoms with van der Waals surface area (Å²) < 4.78 is 5.41. The molecule has 0 aromatic heterocycles. The number of hydrogen-bond acceptors (Lipinski definition) is 2. The Bertz CT molecular complexity index is 310. The van der Waals surface area contributed by atoms with Gasteiger partial charge in [-0.2, -0.15) is 0 Å². The molecule has 0 bridgehead atoms. The lowest BCUT2D eigenvalue weighted by atomic mass is 9.89. The fraction of sp³-hybridized carbons (Fsp3) is 0.538. The Morgan fingerprint density at radius 1 is 1.40 bits per heavy atom. The van der Waals surface area contributed by atoms with Gasteiger partial charge < -0.3 is 9.84 Å². The van der Waals surface area contributed by atoms with E-state index in [4.69, 9.17) is 4.74 Å². The minimum Gasteiger partial charge on any atom is -0.387 e. The molecule has 1 N–H and O–H groups in total. The Kier molecular flexibility index (Phi) is 3.08. The Hall–Kier alpha value is -0.860. The van der Waals surface area contributed by atoms with Gasteiger partial charge in [-0.3, -0.25) is 0 Å². The lowest BCUT2D eigenvalue weighted by Gasteiger charge is -2.25. The van der Waals surface area contributed by atoms with Crippen molar-refractivity contribution in [3.8, 4) is 0 Å². The maximum Gasteiger partial charge on any atom is 0.0930 e. The van der Waals surface area contributed by atoms with Gasteiger partial charge in [0, 0.05) is 13.0 Å². The average Bonchev–Trinajstić information content (AvgIpc) is 2.59. The van der Waals surface area contributed by atoms with E-state index in [1.165, 1.54) is 5.56 Å². The molecule has 2 rings (SSSR count). The summed E-state index contributed by atoms with van der Waals surface area (Å²) in [5.41, 5.74) is 0.667. The summed E-state index contributed by atoms with van der Waals surface area (Å²) in [6.07, 6.45) is 2.45. The van der Waals surface area contributed by atoms with Gasteiger partial charge >= 0.3 is 0 Å². The van der Waals surface area contributed by atoms with Crippen molar-refractivity contribution in [3.05, 3.63) is 35.9 Å². The third-order valence-corrected chi connectivity index (χ3v) is 3.35. The van der Waals surface area contributed by atoms with Crippen LogP contribution in [-0.4, -0.2) is 23.4 Å². The second-order valence-corrected chi connectivity index (χ2v) is 4.35. The predicted molar refractivity (Wildman–Crippen MR) is 59.7 cm³/mol. The molecule has 0 saturated carbocycles. The molecule has 2 nitrogen and oxygen atoms in total. The van der Waals surface area contributed by atoms with E-state index in [0.717, 1.165) is 19.3 Å². The van der Waals surface area contributed by atoms with Crippen LogP contribution in [0.4, 0.5) is 0 Å². The van der Waals surface area contributed by atoms with Gasteiger partial charge in [-0.25, -0.2) is 0 Å². The molecule has 1 aromatic carbocycles. The van der Waals surface area contributed by atoms with E-state index in [-0.39, 0.29) is 6.10 Å². The zero-order valence-electron chi connectivity index (χ0n) is 9.15. The maximum absolute atomic E-state index is 10.3. The van der Waals surface area contributed by atoms with E-state index in [9.17, 15) is 5.11 Å². The van der Waals surface area contributed by atoms with Crippen molar-refractivity contribution >= 4 is 0 Å². The van der Waals surface area contributed by atoms with Crippen LogP contribution in [0, 0.1) is 0 Å². The Morgan fingerprint density at radius 2 is 2.13 bits per heavy atom. The summed E-state index contributed by atoms with van der Waals surface area (Å²) in [6.45, 7) is 2.64. The van der Waals surface area contributed by atoms with Gasteiger partial charge in [0.05, 0.1) is 11.7 Å². The van der Waals surface area contributed by atoms with Crippen LogP contribution in [0.1, 0.15) is 25.3 Å². The molecule has 82 valence electrons.